The molecule has 0 aromatic heterocycles. The average molecular weight is 379 g/mol. The van der Waals surface area contributed by atoms with E-state index in [0.717, 1.165) is 0 Å². The molecule has 2 aliphatic rings. The van der Waals surface area contributed by atoms with E-state index in [-0.39, 0.29) is 29.6 Å². The van der Waals surface area contributed by atoms with Gasteiger partial charge in [-0.05, 0) is 31.9 Å². The number of sulfonamides is 1. The summed E-state index contributed by atoms with van der Waals surface area (Å²) in [5, 5.41) is 9.13. The highest BCUT2D eigenvalue weighted by molar-refractivity contribution is 7.90. The molecular formula is C17H21N3O5S. The molecule has 0 aliphatic carbocycles. The van der Waals surface area contributed by atoms with E-state index in [0.29, 0.717) is 24.9 Å². The molecule has 3 rings (SSSR count). The molecule has 0 bridgehead atoms. The molecule has 1 aromatic carbocycles. The lowest BCUT2D eigenvalue weighted by Crippen LogP contribution is -2.43. The quantitative estimate of drug-likeness (QED) is 0.804. The Labute approximate surface area is 152 Å². The van der Waals surface area contributed by atoms with Crippen molar-refractivity contribution in [1.82, 2.24) is 9.62 Å². The summed E-state index contributed by atoms with van der Waals surface area (Å²) >= 11 is 0. The van der Waals surface area contributed by atoms with Gasteiger partial charge in [-0.2, -0.15) is 0 Å². The van der Waals surface area contributed by atoms with E-state index in [4.69, 9.17) is 5.11 Å². The maximum absolute atomic E-state index is 12.4. The van der Waals surface area contributed by atoms with Crippen molar-refractivity contribution in [2.75, 3.05) is 13.1 Å². The summed E-state index contributed by atoms with van der Waals surface area (Å²) in [4.78, 5) is 29.7. The fourth-order valence-corrected chi connectivity index (χ4v) is 4.52. The van der Waals surface area contributed by atoms with E-state index < -0.39 is 28.0 Å². The van der Waals surface area contributed by atoms with Gasteiger partial charge in [0.2, 0.25) is 5.91 Å². The molecule has 1 fully saturated rings. The van der Waals surface area contributed by atoms with Crippen LogP contribution in [-0.2, 0) is 19.6 Å². The lowest BCUT2D eigenvalue weighted by atomic mass is 9.98. The Morgan fingerprint density at radius 3 is 2.85 bits per heavy atom. The summed E-state index contributed by atoms with van der Waals surface area (Å²) in [5.41, 5.74) is 0.496. The third-order valence-electron chi connectivity index (χ3n) is 4.61. The van der Waals surface area contributed by atoms with Crippen molar-refractivity contribution >= 4 is 27.7 Å². The molecule has 26 heavy (non-hydrogen) atoms. The second kappa shape index (κ2) is 7.06. The minimum Gasteiger partial charge on any atom is -0.481 e. The number of aliphatic carboxylic acids is 1. The Morgan fingerprint density at radius 2 is 2.12 bits per heavy atom. The lowest BCUT2D eigenvalue weighted by molar-refractivity contribution is -0.145. The van der Waals surface area contributed by atoms with Gasteiger partial charge in [0.25, 0.3) is 10.0 Å². The van der Waals surface area contributed by atoms with Gasteiger partial charge in [-0.25, -0.2) is 8.42 Å². The van der Waals surface area contributed by atoms with Gasteiger partial charge in [-0.1, -0.05) is 12.1 Å². The fourth-order valence-electron chi connectivity index (χ4n) is 3.28. The first-order valence-corrected chi connectivity index (χ1v) is 9.97. The molecule has 0 spiro atoms. The van der Waals surface area contributed by atoms with Crippen molar-refractivity contribution in [3.8, 4) is 0 Å². The van der Waals surface area contributed by atoms with Crippen LogP contribution in [0.5, 0.6) is 0 Å². The summed E-state index contributed by atoms with van der Waals surface area (Å²) in [6.07, 6.45) is 1.34. The van der Waals surface area contributed by atoms with Crippen LogP contribution in [0.2, 0.25) is 0 Å². The number of piperidine rings is 1. The molecule has 2 heterocycles. The van der Waals surface area contributed by atoms with Crippen LogP contribution in [0.3, 0.4) is 0 Å². The zero-order valence-electron chi connectivity index (χ0n) is 14.4. The number of likely N-dealkylation sites (tertiary alicyclic amines) is 1. The van der Waals surface area contributed by atoms with Crippen LogP contribution in [0.25, 0.3) is 0 Å². The maximum atomic E-state index is 12.4. The highest BCUT2D eigenvalue weighted by Gasteiger charge is 2.31. The first kappa shape index (κ1) is 18.4. The number of amides is 1. The number of benzene rings is 1. The minimum absolute atomic E-state index is 0.0970. The van der Waals surface area contributed by atoms with Crippen LogP contribution >= 0.6 is 0 Å². The predicted octanol–water partition coefficient (Wildman–Crippen LogP) is 0.827. The number of carbonyl (C=O) groups is 2. The number of fused-ring (bicyclic) bond motifs is 1. The SMILES string of the molecule is CC(CC(=O)N1CCCC(C(=O)O)C1)N=C1NS(=O)(=O)c2ccccc21. The standard InChI is InChI=1S/C17H21N3O5S/c1-11(9-15(21)20-8-4-5-12(10-20)17(22)23)18-16-13-6-2-3-7-14(13)26(24,25)19-16/h2-3,6-7,11-12H,4-5,8-10H2,1H3,(H,18,19)(H,22,23). The number of amidine groups is 1. The monoisotopic (exact) mass is 379 g/mol. The van der Waals surface area contributed by atoms with Gasteiger partial charge in [0, 0.05) is 25.1 Å². The number of rotatable bonds is 4. The molecule has 2 unspecified atom stereocenters. The molecular weight excluding hydrogens is 358 g/mol. The van der Waals surface area contributed by atoms with Crippen LogP contribution in [-0.4, -0.2) is 55.3 Å². The minimum atomic E-state index is -3.61. The van der Waals surface area contributed by atoms with E-state index in [2.05, 4.69) is 9.71 Å². The molecule has 2 atom stereocenters. The molecule has 140 valence electrons. The summed E-state index contributed by atoms with van der Waals surface area (Å²) in [6, 6.07) is 6.12. The van der Waals surface area contributed by atoms with Gasteiger partial charge in [0.05, 0.1) is 16.9 Å². The zero-order chi connectivity index (χ0) is 18.9. The average Bonchev–Trinajstić information content (AvgIpc) is 2.85. The van der Waals surface area contributed by atoms with Crippen LogP contribution in [0.1, 0.15) is 31.7 Å². The topological polar surface area (TPSA) is 116 Å². The number of hydrogen-bond donors (Lipinski definition) is 2. The first-order chi connectivity index (χ1) is 12.3. The predicted molar refractivity (Wildman–Crippen MR) is 94.3 cm³/mol. The lowest BCUT2D eigenvalue weighted by Gasteiger charge is -2.31. The molecule has 1 amide bonds. The number of carboxylic acids is 1. The van der Waals surface area contributed by atoms with Crippen molar-refractivity contribution in [3.05, 3.63) is 29.8 Å². The van der Waals surface area contributed by atoms with Gasteiger partial charge in [-0.15, -0.1) is 0 Å². The van der Waals surface area contributed by atoms with E-state index in [1.165, 1.54) is 6.07 Å². The van der Waals surface area contributed by atoms with E-state index >= 15 is 0 Å². The zero-order valence-corrected chi connectivity index (χ0v) is 15.2. The third-order valence-corrected chi connectivity index (χ3v) is 6.00. The van der Waals surface area contributed by atoms with E-state index in [1.807, 2.05) is 0 Å². The molecule has 1 saturated heterocycles. The molecule has 0 saturated carbocycles. The highest BCUT2D eigenvalue weighted by Crippen LogP contribution is 2.23. The largest absolute Gasteiger partial charge is 0.481 e. The van der Waals surface area contributed by atoms with Gasteiger partial charge >= 0.3 is 5.97 Å². The van der Waals surface area contributed by atoms with Crippen molar-refractivity contribution in [2.45, 2.75) is 37.1 Å². The van der Waals surface area contributed by atoms with Crippen LogP contribution in [0.4, 0.5) is 0 Å². The summed E-state index contributed by atoms with van der Waals surface area (Å²) in [7, 11) is -3.61. The summed E-state index contributed by atoms with van der Waals surface area (Å²) < 4.78 is 26.6. The second-order valence-electron chi connectivity index (χ2n) is 6.65. The van der Waals surface area contributed by atoms with Crippen LogP contribution in [0, 0.1) is 5.92 Å². The Bertz CT molecular complexity index is 865. The number of aliphatic imine (C=N–C) groups is 1. The van der Waals surface area contributed by atoms with E-state index in [1.54, 1.807) is 30.0 Å². The summed E-state index contributed by atoms with van der Waals surface area (Å²) in [6.45, 7) is 2.49. The second-order valence-corrected chi connectivity index (χ2v) is 8.30. The molecule has 2 N–H and O–H groups in total. The smallest absolute Gasteiger partial charge is 0.308 e. The van der Waals surface area contributed by atoms with Crippen molar-refractivity contribution in [2.24, 2.45) is 10.9 Å². The molecule has 1 aromatic rings. The number of hydrogen-bond acceptors (Lipinski definition) is 5. The maximum Gasteiger partial charge on any atom is 0.308 e. The molecule has 8 nitrogen and oxygen atoms in total. The number of carbonyl (C=O) groups excluding carboxylic acids is 1. The van der Waals surface area contributed by atoms with Gasteiger partial charge in [0.15, 0.2) is 0 Å². The Hall–Kier alpha value is -2.42. The highest BCUT2D eigenvalue weighted by atomic mass is 32.2. The van der Waals surface area contributed by atoms with Crippen molar-refractivity contribution in [3.63, 3.8) is 0 Å². The van der Waals surface area contributed by atoms with Gasteiger partial charge in [0.1, 0.15) is 5.84 Å². The Kier molecular flexibility index (Phi) is 4.99. The number of carboxylic acid groups (broad SMARTS) is 1. The summed E-state index contributed by atoms with van der Waals surface area (Å²) in [5.74, 6) is -1.33. The van der Waals surface area contributed by atoms with Crippen LogP contribution in [0.15, 0.2) is 34.2 Å². The van der Waals surface area contributed by atoms with Crippen LogP contribution < -0.4 is 4.72 Å². The fraction of sp³-hybridized carbons (Fsp3) is 0.471. The molecule has 2 aliphatic heterocycles. The third kappa shape index (κ3) is 3.72. The molecule has 9 heteroatoms. The van der Waals surface area contributed by atoms with Gasteiger partial charge < -0.3 is 10.0 Å². The normalized spacial score (nSPS) is 24.0. The number of nitrogens with one attached hydrogen (secondary N) is 1. The van der Waals surface area contributed by atoms with Crippen molar-refractivity contribution in [1.29, 1.82) is 0 Å². The Morgan fingerprint density at radius 1 is 1.38 bits per heavy atom. The van der Waals surface area contributed by atoms with E-state index in [9.17, 15) is 18.0 Å². The first-order valence-electron chi connectivity index (χ1n) is 8.48. The molecule has 0 radical (unpaired) electrons. The van der Waals surface area contributed by atoms with Crippen molar-refractivity contribution < 1.29 is 23.1 Å². The number of nitrogens with zero attached hydrogens (tertiary/aromatic N) is 2. The Balaban J connectivity index is 1.69. The van der Waals surface area contributed by atoms with Gasteiger partial charge in [-0.3, -0.25) is 19.3 Å².